The van der Waals surface area contributed by atoms with E-state index in [4.69, 9.17) is 4.42 Å². The molecule has 0 saturated heterocycles. The summed E-state index contributed by atoms with van der Waals surface area (Å²) in [5, 5.41) is 10.3. The lowest BCUT2D eigenvalue weighted by atomic mass is 9.99. The first-order chi connectivity index (χ1) is 11.5. The third kappa shape index (κ3) is 2.71. The predicted molar refractivity (Wildman–Crippen MR) is 85.9 cm³/mol. The van der Waals surface area contributed by atoms with E-state index in [1.807, 2.05) is 0 Å². The molecule has 1 N–H and O–H groups in total. The van der Waals surface area contributed by atoms with Gasteiger partial charge >= 0.3 is 0 Å². The monoisotopic (exact) mass is 326 g/mol. The van der Waals surface area contributed by atoms with E-state index in [1.54, 1.807) is 50.5 Å². The minimum atomic E-state index is -0.716. The molecule has 0 spiro atoms. The van der Waals surface area contributed by atoms with Crippen molar-refractivity contribution in [3.63, 3.8) is 0 Å². The lowest BCUT2D eigenvalue weighted by Gasteiger charge is -2.24. The van der Waals surface area contributed by atoms with Crippen molar-refractivity contribution in [2.24, 2.45) is 0 Å². The molecule has 124 valence electrons. The molecule has 3 heterocycles. The molecule has 0 aromatic carbocycles. The number of rotatable bonds is 5. The molecular weight excluding hydrogens is 308 g/mol. The van der Waals surface area contributed by atoms with E-state index in [2.05, 4.69) is 4.98 Å². The van der Waals surface area contributed by atoms with Gasteiger partial charge in [-0.1, -0.05) is 6.92 Å². The normalized spacial score (nSPS) is 17.7. The van der Waals surface area contributed by atoms with Gasteiger partial charge in [0.05, 0.1) is 5.57 Å². The topological polar surface area (TPSA) is 83.6 Å². The van der Waals surface area contributed by atoms with Crippen LogP contribution in [-0.2, 0) is 16.1 Å². The molecule has 1 unspecified atom stereocenters. The van der Waals surface area contributed by atoms with Crippen LogP contribution in [0.1, 0.15) is 36.5 Å². The number of pyridine rings is 1. The number of aromatic nitrogens is 1. The fourth-order valence-electron chi connectivity index (χ4n) is 2.87. The van der Waals surface area contributed by atoms with Gasteiger partial charge in [0.25, 0.3) is 5.91 Å². The second kappa shape index (κ2) is 6.31. The van der Waals surface area contributed by atoms with E-state index in [0.29, 0.717) is 11.5 Å². The van der Waals surface area contributed by atoms with Gasteiger partial charge in [0, 0.05) is 25.4 Å². The molecule has 2 aromatic rings. The number of aryl methyl sites for hydroxylation is 1. The highest BCUT2D eigenvalue weighted by Gasteiger charge is 2.44. The molecule has 0 saturated carbocycles. The number of carbonyl (C=O) groups is 2. The number of hydrogen-bond acceptors (Lipinski definition) is 5. The molecule has 0 bridgehead atoms. The average Bonchev–Trinajstić information content (AvgIpc) is 3.12. The first-order valence-electron chi connectivity index (χ1n) is 7.75. The minimum absolute atomic E-state index is 0.103. The van der Waals surface area contributed by atoms with Crippen molar-refractivity contribution in [2.75, 3.05) is 0 Å². The Bertz CT molecular complexity index is 807. The van der Waals surface area contributed by atoms with Crippen molar-refractivity contribution in [2.45, 2.75) is 32.9 Å². The molecule has 0 aliphatic carbocycles. The van der Waals surface area contributed by atoms with Crippen molar-refractivity contribution in [3.05, 3.63) is 65.1 Å². The zero-order valence-electron chi connectivity index (χ0n) is 13.5. The van der Waals surface area contributed by atoms with Gasteiger partial charge in [-0.3, -0.25) is 14.6 Å². The predicted octanol–water partition coefficient (Wildman–Crippen LogP) is 2.86. The van der Waals surface area contributed by atoms with Gasteiger partial charge in [0.15, 0.2) is 11.5 Å². The van der Waals surface area contributed by atoms with E-state index in [0.717, 1.165) is 5.56 Å². The molecule has 1 aliphatic heterocycles. The number of amides is 1. The third-order valence-electron chi connectivity index (χ3n) is 4.06. The lowest BCUT2D eigenvalue weighted by molar-refractivity contribution is -0.130. The zero-order valence-corrected chi connectivity index (χ0v) is 13.5. The van der Waals surface area contributed by atoms with Gasteiger partial charge in [-0.25, -0.2) is 0 Å². The second-order valence-electron chi connectivity index (χ2n) is 5.68. The van der Waals surface area contributed by atoms with E-state index in [9.17, 15) is 14.7 Å². The Labute approximate surface area is 139 Å². The first kappa shape index (κ1) is 16.0. The van der Waals surface area contributed by atoms with Crippen LogP contribution >= 0.6 is 0 Å². The Morgan fingerprint density at radius 3 is 2.58 bits per heavy atom. The van der Waals surface area contributed by atoms with Gasteiger partial charge in [0.2, 0.25) is 0 Å². The van der Waals surface area contributed by atoms with Crippen LogP contribution in [0.15, 0.2) is 52.4 Å². The number of Topliss-reactive ketones (excluding diaryl/α,β-unsaturated/α-hetero) is 1. The summed E-state index contributed by atoms with van der Waals surface area (Å²) in [6.45, 7) is 3.73. The molecule has 24 heavy (non-hydrogen) atoms. The maximum atomic E-state index is 12.5. The lowest BCUT2D eigenvalue weighted by Crippen LogP contribution is -2.30. The summed E-state index contributed by atoms with van der Waals surface area (Å²) in [7, 11) is 0. The number of carbonyl (C=O) groups excluding carboxylic acids is 2. The maximum absolute atomic E-state index is 12.5. The Kier molecular flexibility index (Phi) is 4.20. The third-order valence-corrected chi connectivity index (χ3v) is 4.06. The van der Waals surface area contributed by atoms with E-state index in [1.165, 1.54) is 4.90 Å². The Morgan fingerprint density at radius 2 is 2.00 bits per heavy atom. The number of aliphatic hydroxyl groups excluding tert-OH is 1. The molecular formula is C18H18N2O4. The summed E-state index contributed by atoms with van der Waals surface area (Å²) in [5.74, 6) is -0.179. The van der Waals surface area contributed by atoms with Gasteiger partial charge in [-0.15, -0.1) is 0 Å². The highest BCUT2D eigenvalue weighted by molar-refractivity contribution is 6.08. The van der Waals surface area contributed by atoms with Gasteiger partial charge in [-0.2, -0.15) is 0 Å². The Hall–Kier alpha value is -2.89. The maximum Gasteiger partial charge on any atom is 0.290 e. The van der Waals surface area contributed by atoms with Crippen LogP contribution in [-0.4, -0.2) is 26.7 Å². The summed E-state index contributed by atoms with van der Waals surface area (Å²) in [4.78, 5) is 30.3. The molecule has 6 heteroatoms. The quantitative estimate of drug-likeness (QED) is 0.913. The van der Waals surface area contributed by atoms with Gasteiger partial charge in [0.1, 0.15) is 17.6 Å². The number of ketones is 1. The molecule has 1 aliphatic rings. The van der Waals surface area contributed by atoms with E-state index in [-0.39, 0.29) is 24.3 Å². The molecule has 3 rings (SSSR count). The van der Waals surface area contributed by atoms with E-state index < -0.39 is 17.7 Å². The van der Waals surface area contributed by atoms with Gasteiger partial charge < -0.3 is 14.4 Å². The smallest absolute Gasteiger partial charge is 0.290 e. The summed E-state index contributed by atoms with van der Waals surface area (Å²) in [5.41, 5.74) is 0.954. The second-order valence-corrected chi connectivity index (χ2v) is 5.68. The summed E-state index contributed by atoms with van der Waals surface area (Å²) in [6, 6.07) is 6.36. The number of furan rings is 1. The van der Waals surface area contributed by atoms with Crippen LogP contribution in [0.5, 0.6) is 0 Å². The Balaban J connectivity index is 2.04. The van der Waals surface area contributed by atoms with Crippen LogP contribution in [0, 0.1) is 6.92 Å². The molecule has 6 nitrogen and oxygen atoms in total. The van der Waals surface area contributed by atoms with Crippen molar-refractivity contribution >= 4 is 11.7 Å². The fraction of sp³-hybridized carbons (Fsp3) is 0.278. The number of hydrogen-bond donors (Lipinski definition) is 1. The number of nitrogens with zero attached hydrogens (tertiary/aromatic N) is 2. The standard InChI is InChI=1S/C18H18N2O4/c1-3-13(21)15-16(14-5-4-11(2)24-14)20(18(23)17(15)22)10-12-6-8-19-9-7-12/h4-9,16,22H,3,10H2,1-2H3. The van der Waals surface area contributed by atoms with Crippen molar-refractivity contribution in [1.29, 1.82) is 0 Å². The summed E-state index contributed by atoms with van der Waals surface area (Å²) >= 11 is 0. The molecule has 1 atom stereocenters. The van der Waals surface area contributed by atoms with Crippen LogP contribution < -0.4 is 0 Å². The highest BCUT2D eigenvalue weighted by Crippen LogP contribution is 2.39. The van der Waals surface area contributed by atoms with Crippen LogP contribution in [0.4, 0.5) is 0 Å². The summed E-state index contributed by atoms with van der Waals surface area (Å²) in [6.07, 6.45) is 3.46. The highest BCUT2D eigenvalue weighted by atomic mass is 16.3. The van der Waals surface area contributed by atoms with Crippen LogP contribution in [0.25, 0.3) is 0 Å². The summed E-state index contributed by atoms with van der Waals surface area (Å²) < 4.78 is 5.65. The molecule has 1 amide bonds. The van der Waals surface area contributed by atoms with Crippen molar-refractivity contribution in [3.8, 4) is 0 Å². The van der Waals surface area contributed by atoms with Gasteiger partial charge in [-0.05, 0) is 36.8 Å². The average molecular weight is 326 g/mol. The molecule has 0 radical (unpaired) electrons. The van der Waals surface area contributed by atoms with Crippen LogP contribution in [0.2, 0.25) is 0 Å². The van der Waals surface area contributed by atoms with E-state index >= 15 is 0 Å². The first-order valence-corrected chi connectivity index (χ1v) is 7.75. The van der Waals surface area contributed by atoms with Crippen LogP contribution in [0.3, 0.4) is 0 Å². The molecule has 0 fully saturated rings. The minimum Gasteiger partial charge on any atom is -0.503 e. The number of aliphatic hydroxyl groups is 1. The largest absolute Gasteiger partial charge is 0.503 e. The SMILES string of the molecule is CCC(=O)C1=C(O)C(=O)N(Cc2ccncc2)C1c1ccc(C)o1. The Morgan fingerprint density at radius 1 is 1.29 bits per heavy atom. The zero-order chi connectivity index (χ0) is 17.3. The van der Waals surface area contributed by atoms with Crippen molar-refractivity contribution < 1.29 is 19.1 Å². The molecule has 2 aromatic heterocycles. The fourth-order valence-corrected chi connectivity index (χ4v) is 2.87. The van der Waals surface area contributed by atoms with Crippen molar-refractivity contribution in [1.82, 2.24) is 9.88 Å².